The highest BCUT2D eigenvalue weighted by Crippen LogP contribution is 1.94. The van der Waals surface area contributed by atoms with Crippen LogP contribution < -0.4 is 16.0 Å². The standard InChI is InChI=1S/C12H24N4O2/c1-3-10(2)15-11(17)4-5-13-6-8-16-9-7-14-12(16)18/h10,13H,3-9H2,1-2H3,(H,14,18)(H,15,17). The number of nitrogens with zero attached hydrogens (tertiary/aromatic N) is 1. The fourth-order valence-corrected chi connectivity index (χ4v) is 1.71. The third-order valence-corrected chi connectivity index (χ3v) is 3.05. The third-order valence-electron chi connectivity index (χ3n) is 3.05. The number of carbonyl (C=O) groups excluding carboxylic acids is 2. The van der Waals surface area contributed by atoms with Crippen molar-refractivity contribution in [1.82, 2.24) is 20.9 Å². The molecule has 1 fully saturated rings. The molecule has 0 aromatic carbocycles. The van der Waals surface area contributed by atoms with Gasteiger partial charge in [-0.3, -0.25) is 4.79 Å². The van der Waals surface area contributed by atoms with Gasteiger partial charge < -0.3 is 20.9 Å². The molecule has 1 atom stereocenters. The van der Waals surface area contributed by atoms with Crippen molar-refractivity contribution in [3.8, 4) is 0 Å². The van der Waals surface area contributed by atoms with E-state index in [0.29, 0.717) is 19.5 Å². The molecule has 1 aliphatic heterocycles. The highest BCUT2D eigenvalue weighted by Gasteiger charge is 2.17. The summed E-state index contributed by atoms with van der Waals surface area (Å²) < 4.78 is 0. The lowest BCUT2D eigenvalue weighted by molar-refractivity contribution is -0.121. The number of rotatable bonds is 8. The lowest BCUT2D eigenvalue weighted by Crippen LogP contribution is -2.37. The van der Waals surface area contributed by atoms with Crippen molar-refractivity contribution in [2.45, 2.75) is 32.7 Å². The summed E-state index contributed by atoms with van der Waals surface area (Å²) in [5, 5.41) is 8.84. The molecule has 0 aliphatic carbocycles. The van der Waals surface area contributed by atoms with E-state index in [0.717, 1.165) is 26.1 Å². The molecule has 3 amide bonds. The van der Waals surface area contributed by atoms with E-state index in [1.54, 1.807) is 4.90 Å². The van der Waals surface area contributed by atoms with Crippen molar-refractivity contribution in [2.24, 2.45) is 0 Å². The Morgan fingerprint density at radius 1 is 1.50 bits per heavy atom. The minimum atomic E-state index is 0.00585. The first-order valence-electron chi connectivity index (χ1n) is 6.66. The van der Waals surface area contributed by atoms with Crippen LogP contribution in [0.2, 0.25) is 0 Å². The summed E-state index contributed by atoms with van der Waals surface area (Å²) in [5.74, 6) is 0.0794. The molecule has 18 heavy (non-hydrogen) atoms. The van der Waals surface area contributed by atoms with Crippen molar-refractivity contribution in [3.05, 3.63) is 0 Å². The first kappa shape index (κ1) is 14.8. The Morgan fingerprint density at radius 2 is 2.28 bits per heavy atom. The molecule has 1 unspecified atom stereocenters. The van der Waals surface area contributed by atoms with Gasteiger partial charge in [0.15, 0.2) is 0 Å². The zero-order valence-corrected chi connectivity index (χ0v) is 11.3. The van der Waals surface area contributed by atoms with Crippen LogP contribution in [-0.2, 0) is 4.79 Å². The van der Waals surface area contributed by atoms with E-state index in [9.17, 15) is 9.59 Å². The Kier molecular flexibility index (Phi) is 6.49. The van der Waals surface area contributed by atoms with Gasteiger partial charge in [-0.15, -0.1) is 0 Å². The Labute approximate surface area is 108 Å². The molecule has 1 heterocycles. The van der Waals surface area contributed by atoms with E-state index in [2.05, 4.69) is 16.0 Å². The van der Waals surface area contributed by atoms with Crippen LogP contribution in [0.4, 0.5) is 4.79 Å². The third kappa shape index (κ3) is 5.35. The van der Waals surface area contributed by atoms with Gasteiger partial charge in [0.1, 0.15) is 0 Å². The summed E-state index contributed by atoms with van der Waals surface area (Å²) in [7, 11) is 0. The summed E-state index contributed by atoms with van der Waals surface area (Å²) >= 11 is 0. The SMILES string of the molecule is CCC(C)NC(=O)CCNCCN1CCNC1=O. The highest BCUT2D eigenvalue weighted by molar-refractivity contribution is 5.76. The summed E-state index contributed by atoms with van der Waals surface area (Å²) in [6.45, 7) is 7.62. The average molecular weight is 256 g/mol. The van der Waals surface area contributed by atoms with E-state index in [-0.39, 0.29) is 18.0 Å². The highest BCUT2D eigenvalue weighted by atomic mass is 16.2. The van der Waals surface area contributed by atoms with Crippen molar-refractivity contribution in [2.75, 3.05) is 32.7 Å². The second-order valence-electron chi connectivity index (χ2n) is 4.60. The molecule has 0 spiro atoms. The summed E-state index contributed by atoms with van der Waals surface area (Å²) in [5.41, 5.74) is 0. The molecule has 0 saturated carbocycles. The Morgan fingerprint density at radius 3 is 2.89 bits per heavy atom. The second-order valence-corrected chi connectivity index (χ2v) is 4.60. The normalized spacial score (nSPS) is 16.6. The fraction of sp³-hybridized carbons (Fsp3) is 0.833. The molecule has 1 saturated heterocycles. The minimum absolute atomic E-state index is 0.00585. The molecular weight excluding hydrogens is 232 g/mol. The van der Waals surface area contributed by atoms with E-state index in [1.807, 2.05) is 13.8 Å². The van der Waals surface area contributed by atoms with Crippen LogP contribution in [0.1, 0.15) is 26.7 Å². The smallest absolute Gasteiger partial charge is 0.317 e. The van der Waals surface area contributed by atoms with Crippen LogP contribution in [0, 0.1) is 0 Å². The number of urea groups is 1. The first-order valence-corrected chi connectivity index (χ1v) is 6.66. The largest absolute Gasteiger partial charge is 0.354 e. The van der Waals surface area contributed by atoms with Crippen LogP contribution in [0.3, 0.4) is 0 Å². The molecule has 0 aromatic heterocycles. The Balaban J connectivity index is 1.98. The number of carbonyl (C=O) groups is 2. The van der Waals surface area contributed by atoms with Gasteiger partial charge in [-0.2, -0.15) is 0 Å². The van der Waals surface area contributed by atoms with Gasteiger partial charge >= 0.3 is 6.03 Å². The topological polar surface area (TPSA) is 73.5 Å². The minimum Gasteiger partial charge on any atom is -0.354 e. The number of hydrogen-bond acceptors (Lipinski definition) is 3. The van der Waals surface area contributed by atoms with Crippen LogP contribution in [0.15, 0.2) is 0 Å². The number of amides is 3. The Bertz CT molecular complexity index is 283. The monoisotopic (exact) mass is 256 g/mol. The van der Waals surface area contributed by atoms with Gasteiger partial charge in [-0.1, -0.05) is 6.92 Å². The molecule has 3 N–H and O–H groups in total. The summed E-state index contributed by atoms with van der Waals surface area (Å²) in [4.78, 5) is 24.5. The summed E-state index contributed by atoms with van der Waals surface area (Å²) in [6, 6.07) is 0.247. The van der Waals surface area contributed by atoms with Gasteiger partial charge in [0.25, 0.3) is 0 Å². The average Bonchev–Trinajstić information content (AvgIpc) is 2.74. The number of hydrogen-bond donors (Lipinski definition) is 3. The van der Waals surface area contributed by atoms with E-state index in [1.165, 1.54) is 0 Å². The molecule has 1 rings (SSSR count). The molecule has 0 radical (unpaired) electrons. The van der Waals surface area contributed by atoms with Crippen molar-refractivity contribution >= 4 is 11.9 Å². The predicted octanol–water partition coefficient (Wildman–Crippen LogP) is -0.0940. The van der Waals surface area contributed by atoms with Gasteiger partial charge in [0, 0.05) is 45.2 Å². The van der Waals surface area contributed by atoms with E-state index >= 15 is 0 Å². The van der Waals surface area contributed by atoms with Gasteiger partial charge in [0.2, 0.25) is 5.91 Å². The van der Waals surface area contributed by atoms with Crippen LogP contribution >= 0.6 is 0 Å². The van der Waals surface area contributed by atoms with Crippen LogP contribution in [0.5, 0.6) is 0 Å². The molecule has 1 aliphatic rings. The van der Waals surface area contributed by atoms with Crippen LogP contribution in [-0.4, -0.2) is 55.6 Å². The number of nitrogens with one attached hydrogen (secondary N) is 3. The summed E-state index contributed by atoms with van der Waals surface area (Å²) in [6.07, 6.45) is 1.43. The van der Waals surface area contributed by atoms with E-state index < -0.39 is 0 Å². The predicted molar refractivity (Wildman–Crippen MR) is 70.4 cm³/mol. The van der Waals surface area contributed by atoms with Crippen molar-refractivity contribution < 1.29 is 9.59 Å². The van der Waals surface area contributed by atoms with Crippen molar-refractivity contribution in [3.63, 3.8) is 0 Å². The molecule has 6 nitrogen and oxygen atoms in total. The first-order chi connectivity index (χ1) is 8.63. The van der Waals surface area contributed by atoms with Gasteiger partial charge in [0.05, 0.1) is 0 Å². The van der Waals surface area contributed by atoms with Gasteiger partial charge in [-0.25, -0.2) is 4.79 Å². The van der Waals surface area contributed by atoms with Crippen LogP contribution in [0.25, 0.3) is 0 Å². The fourth-order valence-electron chi connectivity index (χ4n) is 1.71. The lowest BCUT2D eigenvalue weighted by atomic mass is 10.2. The zero-order chi connectivity index (χ0) is 13.4. The Hall–Kier alpha value is -1.30. The second kappa shape index (κ2) is 7.92. The maximum Gasteiger partial charge on any atom is 0.317 e. The maximum atomic E-state index is 11.5. The molecule has 0 aromatic rings. The molecule has 104 valence electrons. The molecule has 6 heteroatoms. The lowest BCUT2D eigenvalue weighted by Gasteiger charge is -2.14. The maximum absolute atomic E-state index is 11.5. The van der Waals surface area contributed by atoms with E-state index in [4.69, 9.17) is 0 Å². The van der Waals surface area contributed by atoms with Gasteiger partial charge in [-0.05, 0) is 13.3 Å². The quantitative estimate of drug-likeness (QED) is 0.531. The zero-order valence-electron chi connectivity index (χ0n) is 11.3. The molecule has 0 bridgehead atoms. The van der Waals surface area contributed by atoms with Crippen molar-refractivity contribution in [1.29, 1.82) is 0 Å². The molecular formula is C12H24N4O2.